The molecule has 0 N–H and O–H groups in total. The second-order valence-corrected chi connectivity index (χ2v) is 17.8. The maximum absolute atomic E-state index is 9.98. The van der Waals surface area contributed by atoms with Crippen molar-refractivity contribution in [2.45, 2.75) is 5.41 Å². The summed E-state index contributed by atoms with van der Waals surface area (Å²) in [5, 5.41) is 16.4. The zero-order valence-corrected chi connectivity index (χ0v) is 36.5. The van der Waals surface area contributed by atoms with Crippen LogP contribution in [-0.2, 0) is 5.41 Å². The quantitative estimate of drug-likeness (QED) is 0.165. The first-order chi connectivity index (χ1) is 34.1. The molecule has 1 spiro atoms. The van der Waals surface area contributed by atoms with Gasteiger partial charge in [-0.3, -0.25) is 15.0 Å². The number of aromatic nitrogens is 6. The fourth-order valence-electron chi connectivity index (χ4n) is 11.7. The highest BCUT2D eigenvalue weighted by atomic mass is 16.5. The third-order valence-electron chi connectivity index (χ3n) is 14.5. The lowest BCUT2D eigenvalue weighted by molar-refractivity contribution is 0.436. The minimum Gasteiger partial charge on any atom is -0.457 e. The van der Waals surface area contributed by atoms with Gasteiger partial charge in [0.15, 0.2) is 5.69 Å². The van der Waals surface area contributed by atoms with Gasteiger partial charge in [0.2, 0.25) is 0 Å². The summed E-state index contributed by atoms with van der Waals surface area (Å²) >= 11 is 0. The smallest absolute Gasteiger partial charge is 0.188 e. The van der Waals surface area contributed by atoms with E-state index in [0.29, 0.717) is 11.3 Å². The summed E-state index contributed by atoms with van der Waals surface area (Å²) in [5.41, 5.74) is 14.5. The molecule has 0 bridgehead atoms. The van der Waals surface area contributed by atoms with Crippen LogP contribution in [0.4, 0.5) is 5.69 Å². The first-order valence-corrected chi connectivity index (χ1v) is 22.7. The van der Waals surface area contributed by atoms with E-state index in [0.717, 1.165) is 128 Å². The van der Waals surface area contributed by atoms with Crippen molar-refractivity contribution in [3.05, 3.63) is 234 Å². The molecule has 0 amide bonds. The van der Waals surface area contributed by atoms with Gasteiger partial charge in [-0.15, -0.1) is 0 Å². The van der Waals surface area contributed by atoms with Crippen molar-refractivity contribution in [2.75, 3.05) is 0 Å². The summed E-state index contributed by atoms with van der Waals surface area (Å²) in [6.45, 7) is 7.85. The Morgan fingerprint density at radius 3 is 1.68 bits per heavy atom. The van der Waals surface area contributed by atoms with Crippen LogP contribution in [0.5, 0.6) is 11.5 Å². The third kappa shape index (κ3) is 4.87. The van der Waals surface area contributed by atoms with Crippen LogP contribution in [0.1, 0.15) is 27.8 Å². The van der Waals surface area contributed by atoms with Gasteiger partial charge in [-0.1, -0.05) is 78.9 Å². The number of rotatable bonds is 3. The summed E-state index contributed by atoms with van der Waals surface area (Å²) in [5.74, 6) is 1.47. The van der Waals surface area contributed by atoms with E-state index in [1.54, 1.807) is 0 Å². The number of hydrogen-bond donors (Lipinski definition) is 0. The Morgan fingerprint density at radius 2 is 1.00 bits per heavy atom. The summed E-state index contributed by atoms with van der Waals surface area (Å²) in [6.07, 6.45) is 7.71. The van der Waals surface area contributed by atoms with Crippen molar-refractivity contribution in [3.8, 4) is 46.0 Å². The highest BCUT2D eigenvalue weighted by Crippen LogP contribution is 2.62. The molecule has 7 aromatic carbocycles. The van der Waals surface area contributed by atoms with Gasteiger partial charge in [-0.2, -0.15) is 5.26 Å². The number of benzene rings is 7. The van der Waals surface area contributed by atoms with E-state index >= 15 is 0 Å². The van der Waals surface area contributed by atoms with E-state index < -0.39 is 5.41 Å². The molecular weight excluding hydrogens is 849 g/mol. The van der Waals surface area contributed by atoms with E-state index in [-0.39, 0.29) is 0 Å². The van der Waals surface area contributed by atoms with Gasteiger partial charge in [0.1, 0.15) is 11.5 Å². The minimum atomic E-state index is -0.989. The van der Waals surface area contributed by atoms with Gasteiger partial charge < -0.3 is 18.4 Å². The summed E-state index contributed by atoms with van der Waals surface area (Å²) in [4.78, 5) is 19.3. The maximum atomic E-state index is 9.98. The van der Waals surface area contributed by atoms with Gasteiger partial charge in [-0.25, -0.2) is 4.85 Å². The molecule has 1 atom stereocenters. The first-order valence-electron chi connectivity index (χ1n) is 22.7. The van der Waals surface area contributed by atoms with Crippen LogP contribution in [0, 0.1) is 17.9 Å². The molecule has 0 radical (unpaired) electrons. The molecule has 9 heteroatoms. The lowest BCUT2D eigenvalue weighted by Crippen LogP contribution is -2.32. The van der Waals surface area contributed by atoms with Gasteiger partial charge >= 0.3 is 0 Å². The zero-order chi connectivity index (χ0) is 45.5. The van der Waals surface area contributed by atoms with E-state index in [1.807, 2.05) is 73.3 Å². The average molecular weight is 881 g/mol. The standard InChI is InChI=1S/C60H32N8O/c1-62-36-19-22-54-45(27-36)42-12-4-8-16-52(42)67(54)38-29-48-58(64-32-38)59-49(30-39(33-65-59)68-50-14-6-2-10-40(50)43-24-25-63-34-55(43)68)60(48)46-13-5-9-17-56(46)69-57-23-20-37(28-47(57)60)66-51-15-7-3-11-41(51)44-26-35(31-61)18-21-53(44)66/h2-30,32-34H. The van der Waals surface area contributed by atoms with Crippen LogP contribution in [0.25, 0.3) is 98.7 Å². The molecule has 2 aliphatic rings. The van der Waals surface area contributed by atoms with Crippen LogP contribution in [0.15, 0.2) is 195 Å². The molecule has 9 nitrogen and oxygen atoms in total. The fourth-order valence-corrected chi connectivity index (χ4v) is 11.7. The van der Waals surface area contributed by atoms with Crippen molar-refractivity contribution >= 4 is 71.1 Å². The maximum Gasteiger partial charge on any atom is 0.188 e. The first kappa shape index (κ1) is 37.4. The topological polar surface area (TPSA) is 90.8 Å². The Morgan fingerprint density at radius 1 is 0.464 bits per heavy atom. The van der Waals surface area contributed by atoms with E-state index in [2.05, 4.69) is 151 Å². The predicted molar refractivity (Wildman–Crippen MR) is 271 cm³/mol. The summed E-state index contributed by atoms with van der Waals surface area (Å²) < 4.78 is 13.8. The molecule has 1 aliphatic carbocycles. The minimum absolute atomic E-state index is 0.591. The number of nitrogens with zero attached hydrogens (tertiary/aromatic N) is 8. The van der Waals surface area contributed by atoms with Crippen LogP contribution in [0.2, 0.25) is 0 Å². The van der Waals surface area contributed by atoms with E-state index in [1.165, 1.54) is 0 Å². The second kappa shape index (κ2) is 13.6. The van der Waals surface area contributed by atoms with E-state index in [4.69, 9.17) is 21.3 Å². The lowest BCUT2D eigenvalue weighted by atomic mass is 9.66. The molecule has 15 rings (SSSR count). The Labute approximate surface area is 393 Å². The number of hydrogen-bond acceptors (Lipinski definition) is 5. The van der Waals surface area contributed by atoms with Gasteiger partial charge in [0.05, 0.1) is 98.1 Å². The van der Waals surface area contributed by atoms with Crippen molar-refractivity contribution < 1.29 is 4.74 Å². The van der Waals surface area contributed by atoms with Crippen LogP contribution in [-0.4, -0.2) is 28.7 Å². The van der Waals surface area contributed by atoms with Crippen molar-refractivity contribution in [1.82, 2.24) is 28.7 Å². The Hall–Kier alpha value is -9.83. The van der Waals surface area contributed by atoms with Crippen molar-refractivity contribution in [2.24, 2.45) is 0 Å². The van der Waals surface area contributed by atoms with Crippen LogP contribution >= 0.6 is 0 Å². The number of para-hydroxylation sites is 4. The highest BCUT2D eigenvalue weighted by molar-refractivity contribution is 6.12. The van der Waals surface area contributed by atoms with Crippen molar-refractivity contribution in [1.29, 1.82) is 5.26 Å². The molecular formula is C60H32N8O. The van der Waals surface area contributed by atoms with Gasteiger partial charge in [0.25, 0.3) is 0 Å². The number of pyridine rings is 3. The predicted octanol–water partition coefficient (Wildman–Crippen LogP) is 14.1. The van der Waals surface area contributed by atoms with Gasteiger partial charge in [-0.05, 0) is 96.4 Å². The molecule has 7 heterocycles. The molecule has 1 unspecified atom stereocenters. The lowest BCUT2D eigenvalue weighted by Gasteiger charge is -2.39. The summed E-state index contributed by atoms with van der Waals surface area (Å²) in [6, 6.07) is 61.0. The molecule has 6 aromatic heterocycles. The molecule has 0 saturated heterocycles. The van der Waals surface area contributed by atoms with E-state index in [9.17, 15) is 5.26 Å². The fraction of sp³-hybridized carbons (Fsp3) is 0.0167. The average Bonchev–Trinajstić information content (AvgIpc) is 4.12. The Bertz CT molecular complexity index is 4470. The van der Waals surface area contributed by atoms with Crippen LogP contribution in [0.3, 0.4) is 0 Å². The summed E-state index contributed by atoms with van der Waals surface area (Å²) in [7, 11) is 0. The highest BCUT2D eigenvalue weighted by Gasteiger charge is 2.53. The third-order valence-corrected chi connectivity index (χ3v) is 14.5. The zero-order valence-electron chi connectivity index (χ0n) is 36.5. The number of ether oxygens (including phenoxy) is 1. The Kier molecular flexibility index (Phi) is 7.38. The SMILES string of the molecule is [C-]#[N+]c1ccc2c(c1)c1ccccc1n2-c1cnc2c(c1)C1(c3ccccc3Oc3ccc(-n4c5ccccc5c5cc(C#N)ccc54)cc31)c1cc(-n3c4ccccc4c4ccncc43)cnc1-2. The molecule has 69 heavy (non-hydrogen) atoms. The monoisotopic (exact) mass is 880 g/mol. The van der Waals surface area contributed by atoms with Gasteiger partial charge in [0, 0.05) is 61.1 Å². The molecule has 318 valence electrons. The number of nitriles is 1. The molecule has 13 aromatic rings. The second-order valence-electron chi connectivity index (χ2n) is 17.8. The molecule has 1 aliphatic heterocycles. The molecule has 0 saturated carbocycles. The van der Waals surface area contributed by atoms with Crippen LogP contribution < -0.4 is 4.74 Å². The normalized spacial score (nSPS) is 14.5. The molecule has 0 fully saturated rings. The Balaban J connectivity index is 1.07. The largest absolute Gasteiger partial charge is 0.457 e. The van der Waals surface area contributed by atoms with Crippen molar-refractivity contribution in [3.63, 3.8) is 0 Å². The number of fused-ring (bicyclic) bond motifs is 18.